The fourth-order valence-electron chi connectivity index (χ4n) is 3.36. The molecule has 0 unspecified atom stereocenters. The summed E-state index contributed by atoms with van der Waals surface area (Å²) in [5, 5.41) is 21.6. The molecule has 0 saturated heterocycles. The number of aryl methyl sites for hydroxylation is 2. The van der Waals surface area contributed by atoms with Gasteiger partial charge in [-0.3, -0.25) is 0 Å². The van der Waals surface area contributed by atoms with E-state index in [0.29, 0.717) is 17.5 Å². The normalized spacial score (nSPS) is 11.6. The molecule has 4 nitrogen and oxygen atoms in total. The minimum Gasteiger partial charge on any atom is -0.507 e. The lowest BCUT2D eigenvalue weighted by Crippen LogP contribution is -2.05. The molecule has 0 radical (unpaired) electrons. The number of rotatable bonds is 7. The van der Waals surface area contributed by atoms with Crippen molar-refractivity contribution < 1.29 is 18.6 Å². The molecule has 0 aromatic heterocycles. The van der Waals surface area contributed by atoms with Crippen LogP contribution in [0.15, 0.2) is 35.7 Å². The molecule has 0 aliphatic carbocycles. The highest BCUT2D eigenvalue weighted by molar-refractivity contribution is 7.90. The van der Waals surface area contributed by atoms with Gasteiger partial charge in [0.25, 0.3) is 0 Å². The molecule has 0 spiro atoms. The maximum atomic E-state index is 12.4. The number of unbranched alkanes of at least 4 members (excludes halogenated alkanes) is 2. The standard InChI is InChI=1S/C22H28O4S/c1-6-7-8-9-16-13-19(23)20(21(24)22(16)27(5,25)26)18-12-15(4)10-11-17(18)14(2)3/h10-13,23-24H,2,6-9H2,1,3-5H3. The molecule has 0 aliphatic rings. The van der Waals surface area contributed by atoms with Crippen molar-refractivity contribution in [1.82, 2.24) is 0 Å². The number of phenols is 2. The van der Waals surface area contributed by atoms with Crippen LogP contribution in [0.25, 0.3) is 16.7 Å². The van der Waals surface area contributed by atoms with Crippen LogP contribution in [0, 0.1) is 6.92 Å². The molecule has 0 heterocycles. The first-order valence-corrected chi connectivity index (χ1v) is 11.0. The molecule has 146 valence electrons. The quantitative estimate of drug-likeness (QED) is 0.636. The highest BCUT2D eigenvalue weighted by atomic mass is 32.2. The Kier molecular flexibility index (Phi) is 6.37. The van der Waals surface area contributed by atoms with E-state index in [9.17, 15) is 18.6 Å². The summed E-state index contributed by atoms with van der Waals surface area (Å²) in [5.41, 5.74) is 3.61. The largest absolute Gasteiger partial charge is 0.507 e. The second-order valence-corrected chi connectivity index (χ2v) is 9.12. The molecule has 0 atom stereocenters. The van der Waals surface area contributed by atoms with E-state index in [1.807, 2.05) is 32.0 Å². The lowest BCUT2D eigenvalue weighted by Gasteiger charge is -2.18. The molecular formula is C22H28O4S. The lowest BCUT2D eigenvalue weighted by molar-refractivity contribution is 0.440. The summed E-state index contributed by atoms with van der Waals surface area (Å²) in [5.74, 6) is -0.517. The zero-order valence-electron chi connectivity index (χ0n) is 16.5. The fraction of sp³-hybridized carbons (Fsp3) is 0.364. The molecule has 2 N–H and O–H groups in total. The third-order valence-electron chi connectivity index (χ3n) is 4.64. The highest BCUT2D eigenvalue weighted by Crippen LogP contribution is 2.46. The first-order valence-electron chi connectivity index (χ1n) is 9.12. The Labute approximate surface area is 162 Å². The lowest BCUT2D eigenvalue weighted by atomic mass is 9.91. The Hall–Kier alpha value is -2.27. The first kappa shape index (κ1) is 21.0. The Morgan fingerprint density at radius 2 is 1.81 bits per heavy atom. The van der Waals surface area contributed by atoms with Crippen molar-refractivity contribution in [2.24, 2.45) is 0 Å². The van der Waals surface area contributed by atoms with E-state index < -0.39 is 15.6 Å². The van der Waals surface area contributed by atoms with Crippen molar-refractivity contribution >= 4 is 15.4 Å². The van der Waals surface area contributed by atoms with Gasteiger partial charge in [-0.15, -0.1) is 0 Å². The molecule has 0 bridgehead atoms. The van der Waals surface area contributed by atoms with Crippen molar-refractivity contribution in [3.05, 3.63) is 47.5 Å². The molecule has 2 aromatic carbocycles. The predicted molar refractivity (Wildman–Crippen MR) is 111 cm³/mol. The van der Waals surface area contributed by atoms with Crippen LogP contribution in [0.1, 0.15) is 49.8 Å². The van der Waals surface area contributed by atoms with Crippen LogP contribution in [0.3, 0.4) is 0 Å². The van der Waals surface area contributed by atoms with Crippen molar-refractivity contribution in [1.29, 1.82) is 0 Å². The summed E-state index contributed by atoms with van der Waals surface area (Å²) < 4.78 is 24.9. The van der Waals surface area contributed by atoms with Crippen molar-refractivity contribution in [3.63, 3.8) is 0 Å². The van der Waals surface area contributed by atoms with E-state index in [1.54, 1.807) is 0 Å². The molecule has 5 heteroatoms. The maximum absolute atomic E-state index is 12.4. The van der Waals surface area contributed by atoms with Crippen LogP contribution in [0.5, 0.6) is 11.5 Å². The van der Waals surface area contributed by atoms with Gasteiger partial charge in [0.2, 0.25) is 0 Å². The molecule has 2 aromatic rings. The van der Waals surface area contributed by atoms with Crippen LogP contribution in [-0.4, -0.2) is 24.9 Å². The summed E-state index contributed by atoms with van der Waals surface area (Å²) in [4.78, 5) is -0.0967. The zero-order valence-corrected chi connectivity index (χ0v) is 17.3. The summed E-state index contributed by atoms with van der Waals surface area (Å²) >= 11 is 0. The third-order valence-corrected chi connectivity index (χ3v) is 5.83. The highest BCUT2D eigenvalue weighted by Gasteiger charge is 2.26. The van der Waals surface area contributed by atoms with Gasteiger partial charge in [0.15, 0.2) is 9.84 Å². The van der Waals surface area contributed by atoms with Crippen LogP contribution >= 0.6 is 0 Å². The van der Waals surface area contributed by atoms with Gasteiger partial charge in [-0.25, -0.2) is 8.42 Å². The predicted octanol–water partition coefficient (Wildman–Crippen LogP) is 5.24. The van der Waals surface area contributed by atoms with Gasteiger partial charge in [-0.05, 0) is 49.4 Å². The van der Waals surface area contributed by atoms with Crippen LogP contribution in [0.2, 0.25) is 0 Å². The fourth-order valence-corrected chi connectivity index (χ4v) is 4.45. The van der Waals surface area contributed by atoms with Gasteiger partial charge in [-0.2, -0.15) is 0 Å². The van der Waals surface area contributed by atoms with E-state index in [-0.39, 0.29) is 16.2 Å². The number of benzene rings is 2. The molecule has 0 saturated carbocycles. The smallest absolute Gasteiger partial charge is 0.179 e. The Morgan fingerprint density at radius 1 is 1.15 bits per heavy atom. The van der Waals surface area contributed by atoms with E-state index in [0.717, 1.165) is 42.2 Å². The third kappa shape index (κ3) is 4.53. The average Bonchev–Trinajstić information content (AvgIpc) is 2.53. The van der Waals surface area contributed by atoms with Crippen molar-refractivity contribution in [2.75, 3.05) is 6.26 Å². The summed E-state index contributed by atoms with van der Waals surface area (Å²) in [7, 11) is -3.68. The van der Waals surface area contributed by atoms with Crippen LogP contribution in [-0.2, 0) is 16.3 Å². The second kappa shape index (κ2) is 8.17. The van der Waals surface area contributed by atoms with Gasteiger partial charge in [0.05, 0.1) is 5.56 Å². The monoisotopic (exact) mass is 388 g/mol. The van der Waals surface area contributed by atoms with E-state index >= 15 is 0 Å². The van der Waals surface area contributed by atoms with Crippen LogP contribution in [0.4, 0.5) is 0 Å². The Morgan fingerprint density at radius 3 is 2.37 bits per heavy atom. The second-order valence-electron chi connectivity index (χ2n) is 7.17. The molecule has 0 aliphatic heterocycles. The molecular weight excluding hydrogens is 360 g/mol. The summed E-state index contributed by atoms with van der Waals surface area (Å²) in [6.45, 7) is 9.75. The number of sulfone groups is 1. The maximum Gasteiger partial charge on any atom is 0.179 e. The number of hydrogen-bond acceptors (Lipinski definition) is 4. The van der Waals surface area contributed by atoms with Gasteiger partial charge in [0, 0.05) is 6.26 Å². The van der Waals surface area contributed by atoms with Crippen LogP contribution < -0.4 is 0 Å². The summed E-state index contributed by atoms with van der Waals surface area (Å²) in [6.07, 6.45) is 4.30. The van der Waals surface area contributed by atoms with Crippen molar-refractivity contribution in [3.8, 4) is 22.6 Å². The van der Waals surface area contributed by atoms with Gasteiger partial charge in [0.1, 0.15) is 16.4 Å². The molecule has 0 amide bonds. The average molecular weight is 389 g/mol. The van der Waals surface area contributed by atoms with E-state index in [1.165, 1.54) is 6.07 Å². The van der Waals surface area contributed by atoms with Gasteiger partial charge in [-0.1, -0.05) is 55.7 Å². The minimum absolute atomic E-state index is 0.0967. The SMILES string of the molecule is C=C(C)c1ccc(C)cc1-c1c(O)cc(CCCCC)c(S(C)(=O)=O)c1O. The molecule has 0 fully saturated rings. The number of hydrogen-bond donors (Lipinski definition) is 2. The zero-order chi connectivity index (χ0) is 20.4. The van der Waals surface area contributed by atoms with Crippen molar-refractivity contribution in [2.45, 2.75) is 51.3 Å². The van der Waals surface area contributed by atoms with Gasteiger partial charge >= 0.3 is 0 Å². The number of phenolic OH excluding ortho intramolecular Hbond substituents is 2. The van der Waals surface area contributed by atoms with E-state index in [2.05, 4.69) is 13.5 Å². The number of aromatic hydroxyl groups is 2. The minimum atomic E-state index is -3.68. The first-order chi connectivity index (χ1) is 12.6. The molecule has 2 rings (SSSR count). The van der Waals surface area contributed by atoms with E-state index in [4.69, 9.17) is 0 Å². The Bertz CT molecular complexity index is 972. The number of allylic oxidation sites excluding steroid dienone is 1. The summed E-state index contributed by atoms with van der Waals surface area (Å²) in [6, 6.07) is 7.08. The topological polar surface area (TPSA) is 74.6 Å². The molecule has 27 heavy (non-hydrogen) atoms. The van der Waals surface area contributed by atoms with Gasteiger partial charge < -0.3 is 10.2 Å². The Balaban J connectivity index is 2.81.